The minimum Gasteiger partial charge on any atom is -0.490 e. The van der Waals surface area contributed by atoms with E-state index in [2.05, 4.69) is 29.4 Å². The van der Waals surface area contributed by atoms with Crippen LogP contribution in [0.5, 0.6) is 11.5 Å². The molecule has 170 valence electrons. The molecule has 0 aliphatic heterocycles. The van der Waals surface area contributed by atoms with Crippen molar-refractivity contribution in [3.8, 4) is 11.5 Å². The minimum atomic E-state index is -0.0888. The normalized spacial score (nSPS) is 10.9. The van der Waals surface area contributed by atoms with Crippen LogP contribution in [-0.2, 0) is 18.4 Å². The Hall–Kier alpha value is -3.00. The Morgan fingerprint density at radius 1 is 1.09 bits per heavy atom. The summed E-state index contributed by atoms with van der Waals surface area (Å²) in [6.45, 7) is 9.05. The van der Waals surface area contributed by atoms with Gasteiger partial charge in [0, 0.05) is 12.7 Å². The predicted octanol–water partition coefficient (Wildman–Crippen LogP) is 4.96. The fourth-order valence-corrected chi connectivity index (χ4v) is 3.75. The van der Waals surface area contributed by atoms with Gasteiger partial charge in [-0.25, -0.2) is 0 Å². The molecule has 7 nitrogen and oxygen atoms in total. The average molecular weight is 455 g/mol. The lowest BCUT2D eigenvalue weighted by atomic mass is 10.0. The topological polar surface area (TPSA) is 78.3 Å². The Bertz CT molecular complexity index is 1050. The van der Waals surface area contributed by atoms with E-state index in [1.807, 2.05) is 67.9 Å². The zero-order valence-corrected chi connectivity index (χ0v) is 20.0. The van der Waals surface area contributed by atoms with Crippen LogP contribution in [0.1, 0.15) is 43.6 Å². The van der Waals surface area contributed by atoms with Gasteiger partial charge in [0.25, 0.3) is 0 Å². The molecule has 0 saturated carbocycles. The highest BCUT2D eigenvalue weighted by Gasteiger charge is 2.14. The number of amides is 1. The quantitative estimate of drug-likeness (QED) is 0.437. The molecule has 3 rings (SSSR count). The van der Waals surface area contributed by atoms with Gasteiger partial charge >= 0.3 is 0 Å². The summed E-state index contributed by atoms with van der Waals surface area (Å²) in [5, 5.41) is 12.0. The monoisotopic (exact) mass is 454 g/mol. The molecule has 8 heteroatoms. The molecule has 0 spiro atoms. The molecule has 0 aliphatic carbocycles. The SMILES string of the molecule is CCOc1cc(C)ccc1OCc1nnc(SCC(=O)Nc2ccc(C(C)C)cc2)n1C. The third-order valence-corrected chi connectivity index (χ3v) is 5.89. The summed E-state index contributed by atoms with van der Waals surface area (Å²) >= 11 is 1.34. The van der Waals surface area contributed by atoms with Gasteiger partial charge in [0.2, 0.25) is 5.91 Å². The van der Waals surface area contributed by atoms with Gasteiger partial charge in [-0.05, 0) is 55.2 Å². The van der Waals surface area contributed by atoms with Crippen LogP contribution in [0, 0.1) is 6.92 Å². The number of benzene rings is 2. The second-order valence-corrected chi connectivity index (χ2v) is 8.69. The number of hydrogen-bond acceptors (Lipinski definition) is 6. The summed E-state index contributed by atoms with van der Waals surface area (Å²) in [7, 11) is 1.86. The Labute approximate surface area is 193 Å². The number of hydrogen-bond donors (Lipinski definition) is 1. The van der Waals surface area contributed by atoms with E-state index in [1.165, 1.54) is 17.3 Å². The number of ether oxygens (including phenoxy) is 2. The highest BCUT2D eigenvalue weighted by molar-refractivity contribution is 7.99. The lowest BCUT2D eigenvalue weighted by Gasteiger charge is -2.12. The number of nitrogens with one attached hydrogen (secondary N) is 1. The van der Waals surface area contributed by atoms with E-state index >= 15 is 0 Å². The summed E-state index contributed by atoms with van der Waals surface area (Å²) in [4.78, 5) is 12.3. The number of rotatable bonds is 10. The molecule has 0 bridgehead atoms. The van der Waals surface area contributed by atoms with E-state index in [1.54, 1.807) is 0 Å². The summed E-state index contributed by atoms with van der Waals surface area (Å²) in [5.74, 6) is 2.65. The first-order valence-corrected chi connectivity index (χ1v) is 11.6. The lowest BCUT2D eigenvalue weighted by molar-refractivity contribution is -0.113. The van der Waals surface area contributed by atoms with Crippen LogP contribution >= 0.6 is 11.8 Å². The van der Waals surface area contributed by atoms with Gasteiger partial charge in [0.05, 0.1) is 12.4 Å². The van der Waals surface area contributed by atoms with Gasteiger partial charge in [0.1, 0.15) is 6.61 Å². The molecule has 2 aromatic carbocycles. The van der Waals surface area contributed by atoms with Crippen LogP contribution in [0.25, 0.3) is 0 Å². The molecule has 0 aliphatic rings. The highest BCUT2D eigenvalue weighted by Crippen LogP contribution is 2.29. The van der Waals surface area contributed by atoms with E-state index in [9.17, 15) is 4.79 Å². The summed E-state index contributed by atoms with van der Waals surface area (Å²) < 4.78 is 13.4. The molecule has 1 amide bonds. The lowest BCUT2D eigenvalue weighted by Crippen LogP contribution is -2.14. The Kier molecular flexibility index (Phi) is 8.16. The number of carbonyl (C=O) groups is 1. The molecule has 0 fully saturated rings. The van der Waals surface area contributed by atoms with E-state index < -0.39 is 0 Å². The molecule has 1 aromatic heterocycles. The van der Waals surface area contributed by atoms with Crippen LogP contribution in [0.4, 0.5) is 5.69 Å². The molecular weight excluding hydrogens is 424 g/mol. The molecule has 0 radical (unpaired) electrons. The van der Waals surface area contributed by atoms with Crippen molar-refractivity contribution in [2.24, 2.45) is 7.05 Å². The van der Waals surface area contributed by atoms with Gasteiger partial charge < -0.3 is 19.4 Å². The Morgan fingerprint density at radius 2 is 1.84 bits per heavy atom. The average Bonchev–Trinajstić information content (AvgIpc) is 3.12. The van der Waals surface area contributed by atoms with Crippen LogP contribution in [-0.4, -0.2) is 33.0 Å². The van der Waals surface area contributed by atoms with Gasteiger partial charge in [0.15, 0.2) is 22.5 Å². The number of nitrogens with zero attached hydrogens (tertiary/aromatic N) is 3. The molecule has 0 saturated heterocycles. The van der Waals surface area contributed by atoms with Gasteiger partial charge in [-0.15, -0.1) is 10.2 Å². The summed E-state index contributed by atoms with van der Waals surface area (Å²) in [6.07, 6.45) is 0. The number of thioether (sulfide) groups is 1. The first kappa shape index (κ1) is 23.7. The molecule has 3 aromatic rings. The number of aromatic nitrogens is 3. The largest absolute Gasteiger partial charge is 0.490 e. The fraction of sp³-hybridized carbons (Fsp3) is 0.375. The van der Waals surface area contributed by atoms with E-state index in [0.29, 0.717) is 35.0 Å². The van der Waals surface area contributed by atoms with Crippen molar-refractivity contribution < 1.29 is 14.3 Å². The second-order valence-electron chi connectivity index (χ2n) is 7.74. The summed E-state index contributed by atoms with van der Waals surface area (Å²) in [6, 6.07) is 13.7. The van der Waals surface area contributed by atoms with Gasteiger partial charge in [-0.3, -0.25) is 4.79 Å². The predicted molar refractivity (Wildman–Crippen MR) is 128 cm³/mol. The molecule has 32 heavy (non-hydrogen) atoms. The van der Waals surface area contributed by atoms with Crippen molar-refractivity contribution >= 4 is 23.4 Å². The minimum absolute atomic E-state index is 0.0888. The molecular formula is C24H30N4O3S. The van der Waals surface area contributed by atoms with E-state index in [0.717, 1.165) is 11.3 Å². The second kappa shape index (κ2) is 11.0. The first-order valence-electron chi connectivity index (χ1n) is 10.6. The fourth-order valence-electron chi connectivity index (χ4n) is 3.02. The highest BCUT2D eigenvalue weighted by atomic mass is 32.2. The molecule has 1 N–H and O–H groups in total. The number of aryl methyl sites for hydroxylation is 1. The third kappa shape index (κ3) is 6.26. The third-order valence-electron chi connectivity index (χ3n) is 4.87. The Balaban J connectivity index is 1.54. The Morgan fingerprint density at radius 3 is 2.53 bits per heavy atom. The van der Waals surface area contributed by atoms with Crippen LogP contribution < -0.4 is 14.8 Å². The van der Waals surface area contributed by atoms with Crippen molar-refractivity contribution in [3.05, 3.63) is 59.4 Å². The van der Waals surface area contributed by atoms with Crippen molar-refractivity contribution in [2.75, 3.05) is 17.7 Å². The smallest absolute Gasteiger partial charge is 0.234 e. The zero-order valence-electron chi connectivity index (χ0n) is 19.2. The van der Waals surface area contributed by atoms with Gasteiger partial charge in [-0.2, -0.15) is 0 Å². The zero-order chi connectivity index (χ0) is 23.1. The molecule has 0 atom stereocenters. The number of anilines is 1. The number of carbonyl (C=O) groups excluding carboxylic acids is 1. The van der Waals surface area contributed by atoms with Crippen molar-refractivity contribution in [3.63, 3.8) is 0 Å². The van der Waals surface area contributed by atoms with Crippen molar-refractivity contribution in [1.29, 1.82) is 0 Å². The molecule has 0 unspecified atom stereocenters. The van der Waals surface area contributed by atoms with Crippen molar-refractivity contribution in [2.45, 2.75) is 45.4 Å². The standard InChI is InChI=1S/C24H30N4O3S/c1-6-30-21-13-17(4)7-12-20(21)31-14-22-26-27-24(28(22)5)32-15-23(29)25-19-10-8-18(9-11-19)16(2)3/h7-13,16H,6,14-15H2,1-5H3,(H,25,29). The summed E-state index contributed by atoms with van der Waals surface area (Å²) in [5.41, 5.74) is 3.13. The van der Waals surface area contributed by atoms with Crippen molar-refractivity contribution in [1.82, 2.24) is 14.8 Å². The van der Waals surface area contributed by atoms with Crippen LogP contribution in [0.3, 0.4) is 0 Å². The molecule has 1 heterocycles. The van der Waals surface area contributed by atoms with Crippen LogP contribution in [0.2, 0.25) is 0 Å². The van der Waals surface area contributed by atoms with Gasteiger partial charge in [-0.1, -0.05) is 43.8 Å². The maximum Gasteiger partial charge on any atom is 0.234 e. The van der Waals surface area contributed by atoms with E-state index in [-0.39, 0.29) is 18.3 Å². The maximum absolute atomic E-state index is 12.3. The van der Waals surface area contributed by atoms with Crippen LogP contribution in [0.15, 0.2) is 47.6 Å². The maximum atomic E-state index is 12.3. The van der Waals surface area contributed by atoms with E-state index in [4.69, 9.17) is 9.47 Å². The first-order chi connectivity index (χ1) is 15.4.